The van der Waals surface area contributed by atoms with Crippen LogP contribution in [0, 0.1) is 50.2 Å². The Morgan fingerprint density at radius 2 is 1.62 bits per heavy atom. The summed E-state index contributed by atoms with van der Waals surface area (Å²) in [6.07, 6.45) is 9.57. The van der Waals surface area contributed by atoms with Gasteiger partial charge in [0.05, 0.1) is 18.1 Å². The van der Waals surface area contributed by atoms with Gasteiger partial charge in [-0.1, -0.05) is 60.1 Å². The Labute approximate surface area is 240 Å². The number of carbonyl (C=O) groups is 4. The van der Waals surface area contributed by atoms with Crippen molar-refractivity contribution in [1.29, 1.82) is 0 Å². The fraction of sp³-hybridized carbons (Fsp3) is 0.765. The zero-order valence-corrected chi connectivity index (χ0v) is 26.1. The molecule has 0 aliphatic heterocycles. The van der Waals surface area contributed by atoms with Gasteiger partial charge in [-0.15, -0.1) is 0 Å². The lowest BCUT2D eigenvalue weighted by atomic mass is 9.34. The predicted octanol–water partition coefficient (Wildman–Crippen LogP) is 5.99. The molecule has 220 valence electrons. The van der Waals surface area contributed by atoms with E-state index in [0.717, 1.165) is 50.5 Å². The summed E-state index contributed by atoms with van der Waals surface area (Å²) in [4.78, 5) is 54.7. The van der Waals surface area contributed by atoms with Gasteiger partial charge in [-0.2, -0.15) is 0 Å². The Morgan fingerprint density at radius 3 is 2.25 bits per heavy atom. The summed E-state index contributed by atoms with van der Waals surface area (Å²) in [5.74, 6) is -0.828. The number of rotatable bonds is 3. The number of ether oxygens (including phenoxy) is 1. The normalized spacial score (nSPS) is 43.2. The highest BCUT2D eigenvalue weighted by Crippen LogP contribution is 2.74. The zero-order valence-electron chi connectivity index (χ0n) is 26.1. The van der Waals surface area contributed by atoms with Crippen LogP contribution in [0.15, 0.2) is 23.3 Å². The Hall–Kier alpha value is -2.24. The van der Waals surface area contributed by atoms with Crippen molar-refractivity contribution in [2.75, 3.05) is 13.7 Å². The molecular weight excluding hydrogens is 502 g/mol. The third-order valence-electron chi connectivity index (χ3n) is 12.9. The van der Waals surface area contributed by atoms with E-state index in [0.29, 0.717) is 6.54 Å². The number of fused-ring (bicyclic) bond motifs is 7. The number of amides is 1. The topological polar surface area (TPSA) is 89.5 Å². The third-order valence-corrected chi connectivity index (χ3v) is 12.9. The summed E-state index contributed by atoms with van der Waals surface area (Å²) in [6, 6.07) is 0. The largest absolute Gasteiger partial charge is 0.469 e. The molecule has 3 saturated carbocycles. The summed E-state index contributed by atoms with van der Waals surface area (Å²) >= 11 is 0. The number of methoxy groups -OCH3 is 1. The van der Waals surface area contributed by atoms with E-state index >= 15 is 0 Å². The second-order valence-electron chi connectivity index (χ2n) is 15.7. The lowest BCUT2D eigenvalue weighted by Gasteiger charge is -2.68. The fourth-order valence-electron chi connectivity index (χ4n) is 10.5. The molecule has 6 nitrogen and oxygen atoms in total. The molecule has 0 bridgehead atoms. The number of hydrogen-bond donors (Lipinski definition) is 1. The molecule has 5 rings (SSSR count). The summed E-state index contributed by atoms with van der Waals surface area (Å²) in [7, 11) is 1.48. The molecule has 0 heterocycles. The van der Waals surface area contributed by atoms with E-state index in [4.69, 9.17) is 4.74 Å². The first-order valence-electron chi connectivity index (χ1n) is 15.4. The van der Waals surface area contributed by atoms with Crippen LogP contribution in [0.25, 0.3) is 0 Å². The summed E-state index contributed by atoms with van der Waals surface area (Å²) in [5.41, 5.74) is -1.25. The van der Waals surface area contributed by atoms with Crippen LogP contribution in [0.4, 0.5) is 0 Å². The first-order valence-corrected chi connectivity index (χ1v) is 15.4. The second-order valence-corrected chi connectivity index (χ2v) is 15.7. The van der Waals surface area contributed by atoms with E-state index in [1.54, 1.807) is 0 Å². The zero-order chi connectivity index (χ0) is 29.7. The molecule has 3 fully saturated rings. The standard InChI is InChI=1S/C34H49NO5/c1-10-35-27(38)20-18-31(6)23(30(4,5)26(20)37)11-12-32(7)24(31)17-22(36)25-21-19-29(2,3)13-15-34(21,28(39)40-9)16-14-33(25,32)8/h17-18,21,23,25H,10-16,19H2,1-9H3,(H,35,38)/t21-,23-,25-,31-,32+,33+,34-/m0/s1. The number of nitrogens with one attached hydrogen (secondary N) is 1. The van der Waals surface area contributed by atoms with Crippen molar-refractivity contribution in [3.05, 3.63) is 23.3 Å². The van der Waals surface area contributed by atoms with Crippen LogP contribution in [0.3, 0.4) is 0 Å². The van der Waals surface area contributed by atoms with Gasteiger partial charge in [-0.3, -0.25) is 19.2 Å². The molecule has 1 N–H and O–H groups in total. The molecule has 0 aromatic heterocycles. The first kappa shape index (κ1) is 29.3. The Morgan fingerprint density at radius 1 is 0.975 bits per heavy atom. The number of ketones is 2. The minimum Gasteiger partial charge on any atom is -0.469 e. The molecule has 7 atom stereocenters. The predicted molar refractivity (Wildman–Crippen MR) is 154 cm³/mol. The van der Waals surface area contributed by atoms with Crippen molar-refractivity contribution < 1.29 is 23.9 Å². The van der Waals surface area contributed by atoms with Crippen molar-refractivity contribution in [2.24, 2.45) is 50.2 Å². The van der Waals surface area contributed by atoms with Crippen molar-refractivity contribution in [3.63, 3.8) is 0 Å². The molecule has 6 heteroatoms. The number of esters is 1. The average molecular weight is 552 g/mol. The van der Waals surface area contributed by atoms with Crippen molar-refractivity contribution in [1.82, 2.24) is 5.32 Å². The van der Waals surface area contributed by atoms with Gasteiger partial charge in [0.1, 0.15) is 0 Å². The van der Waals surface area contributed by atoms with Crippen LogP contribution in [0.5, 0.6) is 0 Å². The van der Waals surface area contributed by atoms with Gasteiger partial charge in [-0.25, -0.2) is 0 Å². The molecule has 0 aromatic rings. The molecule has 5 aliphatic carbocycles. The molecule has 0 unspecified atom stereocenters. The Kier molecular flexibility index (Phi) is 6.50. The number of carbonyl (C=O) groups excluding carboxylic acids is 4. The van der Waals surface area contributed by atoms with Crippen LogP contribution in [0.1, 0.15) is 100 Å². The highest BCUT2D eigenvalue weighted by atomic mass is 16.5. The highest BCUT2D eigenvalue weighted by molar-refractivity contribution is 6.22. The van der Waals surface area contributed by atoms with Gasteiger partial charge < -0.3 is 10.1 Å². The van der Waals surface area contributed by atoms with E-state index in [-0.39, 0.29) is 63.0 Å². The molecule has 0 spiro atoms. The first-order chi connectivity index (χ1) is 18.4. The summed E-state index contributed by atoms with van der Waals surface area (Å²) < 4.78 is 5.43. The van der Waals surface area contributed by atoms with Crippen LogP contribution < -0.4 is 5.32 Å². The maximum absolute atomic E-state index is 14.5. The van der Waals surface area contributed by atoms with Gasteiger partial charge in [-0.05, 0) is 86.0 Å². The molecule has 0 radical (unpaired) electrons. The number of allylic oxidation sites excluding steroid dienone is 3. The third kappa shape index (κ3) is 3.59. The van der Waals surface area contributed by atoms with Gasteiger partial charge >= 0.3 is 5.97 Å². The van der Waals surface area contributed by atoms with Crippen LogP contribution >= 0.6 is 0 Å². The smallest absolute Gasteiger partial charge is 0.312 e. The van der Waals surface area contributed by atoms with Gasteiger partial charge in [0.15, 0.2) is 11.6 Å². The van der Waals surface area contributed by atoms with Crippen LogP contribution in [0.2, 0.25) is 0 Å². The fourth-order valence-corrected chi connectivity index (χ4v) is 10.5. The molecule has 40 heavy (non-hydrogen) atoms. The number of likely N-dealkylation sites (N-methyl/N-ethyl adjacent to an activating group) is 1. The van der Waals surface area contributed by atoms with Crippen molar-refractivity contribution >= 4 is 23.4 Å². The van der Waals surface area contributed by atoms with Gasteiger partial charge in [0.25, 0.3) is 5.91 Å². The van der Waals surface area contributed by atoms with Crippen LogP contribution in [-0.2, 0) is 23.9 Å². The van der Waals surface area contributed by atoms with E-state index in [9.17, 15) is 19.2 Å². The molecular formula is C34H49NO5. The minimum atomic E-state index is -0.729. The lowest BCUT2D eigenvalue weighted by molar-refractivity contribution is -0.191. The lowest BCUT2D eigenvalue weighted by Crippen LogP contribution is -2.66. The number of hydrogen-bond acceptors (Lipinski definition) is 5. The maximum atomic E-state index is 14.5. The molecule has 0 aromatic carbocycles. The van der Waals surface area contributed by atoms with Crippen LogP contribution in [-0.4, -0.2) is 37.1 Å². The monoisotopic (exact) mass is 551 g/mol. The van der Waals surface area contributed by atoms with E-state index in [1.165, 1.54) is 7.11 Å². The quantitative estimate of drug-likeness (QED) is 0.344. The number of Topliss-reactive ketones (excluding diaryl/α,β-unsaturated/α-hetero) is 1. The maximum Gasteiger partial charge on any atom is 0.312 e. The molecule has 1 amide bonds. The second kappa shape index (κ2) is 8.88. The molecule has 0 saturated heterocycles. The average Bonchev–Trinajstić information content (AvgIpc) is 2.87. The minimum absolute atomic E-state index is 0.00989. The van der Waals surface area contributed by atoms with E-state index < -0.39 is 16.2 Å². The molecule has 5 aliphatic rings. The van der Waals surface area contributed by atoms with E-state index in [1.807, 2.05) is 32.9 Å². The van der Waals surface area contributed by atoms with Gasteiger partial charge in [0, 0.05) is 23.3 Å². The Bertz CT molecular complexity index is 1240. The van der Waals surface area contributed by atoms with E-state index in [2.05, 4.69) is 39.9 Å². The van der Waals surface area contributed by atoms with Crippen molar-refractivity contribution in [3.8, 4) is 0 Å². The SMILES string of the molecule is CCNC(=O)C1=C[C@]2(C)C3=CC(=O)[C@@H]4[C@@H]5CC(C)(C)CC[C@]5(C(=O)OC)CC[C@@]4(C)[C@]3(C)CC[C@H]2C(C)(C)C1=O. The summed E-state index contributed by atoms with van der Waals surface area (Å²) in [5, 5.41) is 2.84. The highest BCUT2D eigenvalue weighted by Gasteiger charge is 2.71. The van der Waals surface area contributed by atoms with Gasteiger partial charge in [0.2, 0.25) is 0 Å². The summed E-state index contributed by atoms with van der Waals surface area (Å²) in [6.45, 7) is 17.5. The Balaban J connectivity index is 1.69. The van der Waals surface area contributed by atoms with Crippen molar-refractivity contribution in [2.45, 2.75) is 100 Å².